The summed E-state index contributed by atoms with van der Waals surface area (Å²) in [5.74, 6) is 0. The highest BCUT2D eigenvalue weighted by Crippen LogP contribution is 2.25. The largest absolute Gasteiger partial charge is 0.316 e. The second kappa shape index (κ2) is 5.15. The molecule has 0 radical (unpaired) electrons. The molecule has 1 unspecified atom stereocenters. The minimum Gasteiger partial charge on any atom is -0.316 e. The summed E-state index contributed by atoms with van der Waals surface area (Å²) in [6.07, 6.45) is 5.13. The Morgan fingerprint density at radius 3 is 3.00 bits per heavy atom. The highest BCUT2D eigenvalue weighted by molar-refractivity contribution is 5.21. The molecule has 94 valence electrons. The van der Waals surface area contributed by atoms with Crippen LogP contribution in [-0.2, 0) is 6.54 Å². The summed E-state index contributed by atoms with van der Waals surface area (Å²) in [5, 5.41) is 3.45. The highest BCUT2D eigenvalue weighted by atomic mass is 15.1. The Morgan fingerprint density at radius 1 is 1.53 bits per heavy atom. The van der Waals surface area contributed by atoms with E-state index in [4.69, 9.17) is 0 Å². The molecule has 1 fully saturated rings. The Bertz CT molecular complexity index is 369. The summed E-state index contributed by atoms with van der Waals surface area (Å²) >= 11 is 0. The van der Waals surface area contributed by atoms with Crippen molar-refractivity contribution < 1.29 is 0 Å². The van der Waals surface area contributed by atoms with Crippen molar-refractivity contribution in [1.29, 1.82) is 0 Å². The smallest absolute Gasteiger partial charge is 0.0315 e. The van der Waals surface area contributed by atoms with Crippen molar-refractivity contribution in [3.63, 3.8) is 0 Å². The van der Waals surface area contributed by atoms with E-state index in [0.29, 0.717) is 5.41 Å². The molecule has 0 spiro atoms. The van der Waals surface area contributed by atoms with E-state index in [1.165, 1.54) is 17.5 Å². The molecule has 2 heterocycles. The van der Waals surface area contributed by atoms with E-state index in [2.05, 4.69) is 42.2 Å². The van der Waals surface area contributed by atoms with Gasteiger partial charge in [-0.3, -0.25) is 4.98 Å². The first-order valence-corrected chi connectivity index (χ1v) is 6.38. The lowest BCUT2D eigenvalue weighted by Gasteiger charge is -2.29. The molecule has 1 atom stereocenters. The molecular formula is C14H23N3. The Kier molecular flexibility index (Phi) is 3.79. The summed E-state index contributed by atoms with van der Waals surface area (Å²) < 4.78 is 0. The van der Waals surface area contributed by atoms with Crippen LogP contribution in [0.5, 0.6) is 0 Å². The Hall–Kier alpha value is -0.930. The predicted molar refractivity (Wildman–Crippen MR) is 70.9 cm³/mol. The number of hydrogen-bond donors (Lipinski definition) is 1. The first-order valence-electron chi connectivity index (χ1n) is 6.38. The summed E-state index contributed by atoms with van der Waals surface area (Å²) in [4.78, 5) is 6.62. The van der Waals surface area contributed by atoms with Crippen molar-refractivity contribution in [1.82, 2.24) is 15.2 Å². The summed E-state index contributed by atoms with van der Waals surface area (Å²) in [5.41, 5.74) is 3.11. The van der Waals surface area contributed by atoms with Gasteiger partial charge in [0, 0.05) is 32.0 Å². The second-order valence-corrected chi connectivity index (χ2v) is 5.71. The van der Waals surface area contributed by atoms with Gasteiger partial charge in [0.2, 0.25) is 0 Å². The summed E-state index contributed by atoms with van der Waals surface area (Å²) in [7, 11) is 2.20. The average Bonchev–Trinajstić information content (AvgIpc) is 2.68. The van der Waals surface area contributed by atoms with Crippen LogP contribution in [0.15, 0.2) is 18.5 Å². The van der Waals surface area contributed by atoms with Gasteiger partial charge in [-0.05, 0) is 49.5 Å². The van der Waals surface area contributed by atoms with Crippen molar-refractivity contribution in [2.24, 2.45) is 5.41 Å². The van der Waals surface area contributed by atoms with E-state index in [-0.39, 0.29) is 0 Å². The van der Waals surface area contributed by atoms with Gasteiger partial charge < -0.3 is 10.2 Å². The van der Waals surface area contributed by atoms with Crippen molar-refractivity contribution in [3.05, 3.63) is 29.6 Å². The van der Waals surface area contributed by atoms with Crippen LogP contribution in [0.3, 0.4) is 0 Å². The van der Waals surface area contributed by atoms with Crippen LogP contribution in [0.2, 0.25) is 0 Å². The Morgan fingerprint density at radius 2 is 2.35 bits per heavy atom. The van der Waals surface area contributed by atoms with Gasteiger partial charge in [-0.15, -0.1) is 0 Å². The molecule has 1 aromatic heterocycles. The van der Waals surface area contributed by atoms with E-state index in [1.807, 2.05) is 12.4 Å². The van der Waals surface area contributed by atoms with E-state index in [0.717, 1.165) is 26.2 Å². The SMILES string of the molecule is Cc1ccncc1CN(C)CC1(C)CCNC1. The van der Waals surface area contributed by atoms with Crippen LogP contribution in [0.25, 0.3) is 0 Å². The lowest BCUT2D eigenvalue weighted by molar-refractivity contribution is 0.203. The summed E-state index contributed by atoms with van der Waals surface area (Å²) in [6, 6.07) is 2.09. The first-order chi connectivity index (χ1) is 8.09. The third-order valence-electron chi connectivity index (χ3n) is 3.70. The zero-order chi connectivity index (χ0) is 12.3. The van der Waals surface area contributed by atoms with Crippen molar-refractivity contribution in [3.8, 4) is 0 Å². The molecule has 1 saturated heterocycles. The van der Waals surface area contributed by atoms with Gasteiger partial charge in [-0.25, -0.2) is 0 Å². The minimum absolute atomic E-state index is 0.435. The third kappa shape index (κ3) is 3.27. The Labute approximate surface area is 104 Å². The average molecular weight is 233 g/mol. The maximum Gasteiger partial charge on any atom is 0.0315 e. The quantitative estimate of drug-likeness (QED) is 0.860. The van der Waals surface area contributed by atoms with E-state index >= 15 is 0 Å². The van der Waals surface area contributed by atoms with Crippen molar-refractivity contribution >= 4 is 0 Å². The van der Waals surface area contributed by atoms with Crippen LogP contribution in [-0.4, -0.2) is 36.6 Å². The molecule has 1 aromatic rings. The van der Waals surface area contributed by atoms with Crippen molar-refractivity contribution in [2.75, 3.05) is 26.7 Å². The zero-order valence-electron chi connectivity index (χ0n) is 11.2. The lowest BCUT2D eigenvalue weighted by atomic mass is 9.89. The maximum atomic E-state index is 4.21. The van der Waals surface area contributed by atoms with Gasteiger partial charge in [0.05, 0.1) is 0 Å². The number of nitrogens with zero attached hydrogens (tertiary/aromatic N) is 2. The monoisotopic (exact) mass is 233 g/mol. The van der Waals surface area contributed by atoms with Crippen LogP contribution in [0, 0.1) is 12.3 Å². The standard InChI is InChI=1S/C14H23N3/c1-12-4-6-15-8-13(12)9-17(3)11-14(2)5-7-16-10-14/h4,6,8,16H,5,7,9-11H2,1-3H3. The molecule has 0 saturated carbocycles. The molecule has 0 aliphatic carbocycles. The molecule has 1 aliphatic heterocycles. The Balaban J connectivity index is 1.93. The highest BCUT2D eigenvalue weighted by Gasteiger charge is 2.29. The number of nitrogens with one attached hydrogen (secondary N) is 1. The van der Waals surface area contributed by atoms with Gasteiger partial charge in [-0.1, -0.05) is 6.92 Å². The lowest BCUT2D eigenvalue weighted by Crippen LogP contribution is -2.34. The fourth-order valence-electron chi connectivity index (χ4n) is 2.66. The molecule has 3 nitrogen and oxygen atoms in total. The normalized spacial score (nSPS) is 24.5. The third-order valence-corrected chi connectivity index (χ3v) is 3.70. The topological polar surface area (TPSA) is 28.2 Å². The number of hydrogen-bond acceptors (Lipinski definition) is 3. The van der Waals surface area contributed by atoms with E-state index < -0.39 is 0 Å². The fraction of sp³-hybridized carbons (Fsp3) is 0.643. The first kappa shape index (κ1) is 12.5. The van der Waals surface area contributed by atoms with Gasteiger partial charge in [0.1, 0.15) is 0 Å². The molecule has 0 amide bonds. The van der Waals surface area contributed by atoms with Crippen molar-refractivity contribution in [2.45, 2.75) is 26.8 Å². The van der Waals surface area contributed by atoms with Gasteiger partial charge in [0.15, 0.2) is 0 Å². The van der Waals surface area contributed by atoms with Crippen LogP contribution in [0.4, 0.5) is 0 Å². The minimum atomic E-state index is 0.435. The number of aromatic nitrogens is 1. The van der Waals surface area contributed by atoms with Crippen LogP contribution < -0.4 is 5.32 Å². The molecule has 17 heavy (non-hydrogen) atoms. The van der Waals surface area contributed by atoms with Gasteiger partial charge in [0.25, 0.3) is 0 Å². The van der Waals surface area contributed by atoms with E-state index in [9.17, 15) is 0 Å². The molecule has 2 rings (SSSR count). The van der Waals surface area contributed by atoms with Crippen LogP contribution in [0.1, 0.15) is 24.5 Å². The van der Waals surface area contributed by atoms with Crippen LogP contribution >= 0.6 is 0 Å². The number of rotatable bonds is 4. The molecule has 1 aliphatic rings. The number of pyridine rings is 1. The number of aryl methyl sites for hydroxylation is 1. The van der Waals surface area contributed by atoms with Gasteiger partial charge in [-0.2, -0.15) is 0 Å². The molecule has 3 heteroatoms. The predicted octanol–water partition coefficient (Wildman–Crippen LogP) is 1.82. The maximum absolute atomic E-state index is 4.21. The molecular weight excluding hydrogens is 210 g/mol. The fourth-order valence-corrected chi connectivity index (χ4v) is 2.66. The second-order valence-electron chi connectivity index (χ2n) is 5.71. The molecule has 0 bridgehead atoms. The molecule has 1 N–H and O–H groups in total. The van der Waals surface area contributed by atoms with E-state index in [1.54, 1.807) is 0 Å². The zero-order valence-corrected chi connectivity index (χ0v) is 11.2. The molecule has 0 aromatic carbocycles. The van der Waals surface area contributed by atoms with Gasteiger partial charge >= 0.3 is 0 Å². The summed E-state index contributed by atoms with van der Waals surface area (Å²) in [6.45, 7) is 8.98.